The summed E-state index contributed by atoms with van der Waals surface area (Å²) in [4.78, 5) is 38.6. The number of anilines is 1. The summed E-state index contributed by atoms with van der Waals surface area (Å²) in [6.45, 7) is -0.298. The van der Waals surface area contributed by atoms with Crippen LogP contribution >= 0.6 is 0 Å². The molecular formula is C25H27N3O6. The number of ether oxygens (including phenoxy) is 2. The highest BCUT2D eigenvalue weighted by Gasteiger charge is 2.19. The summed E-state index contributed by atoms with van der Waals surface area (Å²) >= 11 is 0. The Kier molecular flexibility index (Phi) is 9.24. The summed E-state index contributed by atoms with van der Waals surface area (Å²) in [6.07, 6.45) is 1.49. The molecule has 1 aromatic heterocycles. The fourth-order valence-corrected chi connectivity index (χ4v) is 3.03. The van der Waals surface area contributed by atoms with Crippen molar-refractivity contribution in [3.63, 3.8) is 0 Å². The number of hydrogen-bond acceptors (Lipinski definition) is 6. The Morgan fingerprint density at radius 2 is 1.71 bits per heavy atom. The molecule has 0 atom stereocenters. The van der Waals surface area contributed by atoms with Crippen LogP contribution in [0.1, 0.15) is 11.3 Å². The van der Waals surface area contributed by atoms with Gasteiger partial charge in [0.1, 0.15) is 24.7 Å². The third-order valence-corrected chi connectivity index (χ3v) is 4.77. The van der Waals surface area contributed by atoms with Gasteiger partial charge in [-0.25, -0.2) is 0 Å². The van der Waals surface area contributed by atoms with Crippen LogP contribution in [0.5, 0.6) is 5.75 Å². The highest BCUT2D eigenvalue weighted by atomic mass is 16.5. The van der Waals surface area contributed by atoms with Crippen molar-refractivity contribution in [2.75, 3.05) is 32.1 Å². The number of carbonyl (C=O) groups excluding carboxylic acids is 3. The predicted molar refractivity (Wildman–Crippen MR) is 125 cm³/mol. The van der Waals surface area contributed by atoms with Crippen LogP contribution in [0.25, 0.3) is 0 Å². The fourth-order valence-electron chi connectivity index (χ4n) is 3.03. The number of nitrogens with one attached hydrogen (secondary N) is 2. The molecule has 9 nitrogen and oxygen atoms in total. The topological polar surface area (TPSA) is 110 Å². The molecule has 1 heterocycles. The molecule has 178 valence electrons. The lowest BCUT2D eigenvalue weighted by atomic mass is 10.2. The third-order valence-electron chi connectivity index (χ3n) is 4.77. The van der Waals surface area contributed by atoms with Gasteiger partial charge in [0, 0.05) is 5.69 Å². The van der Waals surface area contributed by atoms with Gasteiger partial charge in [-0.05, 0) is 42.0 Å². The van der Waals surface area contributed by atoms with Gasteiger partial charge in [-0.2, -0.15) is 0 Å². The van der Waals surface area contributed by atoms with Gasteiger partial charge in [0.15, 0.2) is 0 Å². The van der Waals surface area contributed by atoms with Crippen LogP contribution in [0.2, 0.25) is 0 Å². The smallest absolute Gasteiger partial charge is 0.249 e. The molecule has 3 aromatic rings. The lowest BCUT2D eigenvalue weighted by Gasteiger charge is -2.21. The van der Waals surface area contributed by atoms with E-state index in [1.807, 2.05) is 30.3 Å². The minimum absolute atomic E-state index is 0.103. The largest absolute Gasteiger partial charge is 0.497 e. The minimum Gasteiger partial charge on any atom is -0.497 e. The Bertz CT molecular complexity index is 1050. The number of amides is 3. The number of nitrogens with zero attached hydrogens (tertiary/aromatic N) is 1. The van der Waals surface area contributed by atoms with E-state index < -0.39 is 11.8 Å². The first-order valence-electron chi connectivity index (χ1n) is 10.7. The summed E-state index contributed by atoms with van der Waals surface area (Å²) in [5.41, 5.74) is 1.51. The Morgan fingerprint density at radius 3 is 2.38 bits per heavy atom. The first-order valence-corrected chi connectivity index (χ1v) is 10.7. The zero-order chi connectivity index (χ0) is 24.2. The van der Waals surface area contributed by atoms with Crippen molar-refractivity contribution in [2.24, 2.45) is 0 Å². The Morgan fingerprint density at radius 1 is 0.941 bits per heavy atom. The van der Waals surface area contributed by atoms with Gasteiger partial charge in [0.25, 0.3) is 0 Å². The summed E-state index contributed by atoms with van der Waals surface area (Å²) in [5.74, 6) is -0.0477. The number of furan rings is 1. The fraction of sp³-hybridized carbons (Fsp3) is 0.240. The monoisotopic (exact) mass is 465 g/mol. The standard InChI is InChI=1S/C25H27N3O6/c1-32-21-11-9-20(10-12-21)27-23(29)14-26-24(30)16-28(15-22-8-5-13-34-22)25(31)18-33-17-19-6-3-2-4-7-19/h2-13H,14-18H2,1H3,(H,26,30)(H,27,29). The van der Waals surface area contributed by atoms with Crippen molar-refractivity contribution >= 4 is 23.4 Å². The van der Waals surface area contributed by atoms with E-state index in [1.54, 1.807) is 43.5 Å². The number of hydrogen-bond donors (Lipinski definition) is 2. The summed E-state index contributed by atoms with van der Waals surface area (Å²) < 4.78 is 15.9. The van der Waals surface area contributed by atoms with E-state index in [0.29, 0.717) is 17.2 Å². The molecule has 0 spiro atoms. The van der Waals surface area contributed by atoms with Crippen molar-refractivity contribution in [2.45, 2.75) is 13.2 Å². The van der Waals surface area contributed by atoms with Crippen LogP contribution < -0.4 is 15.4 Å². The van der Waals surface area contributed by atoms with Crippen LogP contribution in [0.3, 0.4) is 0 Å². The molecule has 3 rings (SSSR count). The van der Waals surface area contributed by atoms with Crippen LogP contribution in [0, 0.1) is 0 Å². The predicted octanol–water partition coefficient (Wildman–Crippen LogP) is 2.59. The second-order valence-corrected chi connectivity index (χ2v) is 7.36. The molecule has 0 aliphatic carbocycles. The number of carbonyl (C=O) groups is 3. The lowest BCUT2D eigenvalue weighted by molar-refractivity contribution is -0.141. The average molecular weight is 466 g/mol. The van der Waals surface area contributed by atoms with E-state index in [-0.39, 0.29) is 38.8 Å². The first-order chi connectivity index (χ1) is 16.5. The number of benzene rings is 2. The van der Waals surface area contributed by atoms with Gasteiger partial charge in [-0.15, -0.1) is 0 Å². The summed E-state index contributed by atoms with van der Waals surface area (Å²) in [5, 5.41) is 5.21. The van der Waals surface area contributed by atoms with Crippen LogP contribution in [-0.2, 0) is 32.3 Å². The van der Waals surface area contributed by atoms with Crippen LogP contribution in [-0.4, -0.2) is 49.4 Å². The lowest BCUT2D eigenvalue weighted by Crippen LogP contribution is -2.43. The van der Waals surface area contributed by atoms with E-state index in [9.17, 15) is 14.4 Å². The summed E-state index contributed by atoms with van der Waals surface area (Å²) in [7, 11) is 1.55. The van der Waals surface area contributed by atoms with Crippen molar-refractivity contribution in [1.29, 1.82) is 0 Å². The normalized spacial score (nSPS) is 10.4. The number of rotatable bonds is 12. The van der Waals surface area contributed by atoms with Crippen molar-refractivity contribution in [3.05, 3.63) is 84.3 Å². The van der Waals surface area contributed by atoms with Gasteiger partial charge in [-0.1, -0.05) is 30.3 Å². The van der Waals surface area contributed by atoms with Crippen molar-refractivity contribution in [1.82, 2.24) is 10.2 Å². The number of methoxy groups -OCH3 is 1. The van der Waals surface area contributed by atoms with E-state index in [1.165, 1.54) is 11.2 Å². The second kappa shape index (κ2) is 12.8. The van der Waals surface area contributed by atoms with Gasteiger partial charge < -0.3 is 29.4 Å². The molecule has 0 aliphatic rings. The maximum Gasteiger partial charge on any atom is 0.249 e. The maximum absolute atomic E-state index is 12.7. The average Bonchev–Trinajstić information content (AvgIpc) is 3.37. The Balaban J connectivity index is 1.48. The van der Waals surface area contributed by atoms with E-state index >= 15 is 0 Å². The molecule has 34 heavy (non-hydrogen) atoms. The van der Waals surface area contributed by atoms with Crippen molar-refractivity contribution < 1.29 is 28.3 Å². The van der Waals surface area contributed by atoms with Crippen molar-refractivity contribution in [3.8, 4) is 5.75 Å². The molecule has 0 saturated heterocycles. The van der Waals surface area contributed by atoms with E-state index in [4.69, 9.17) is 13.9 Å². The first kappa shape index (κ1) is 24.5. The quantitative estimate of drug-likeness (QED) is 0.426. The molecule has 0 unspecified atom stereocenters. The highest BCUT2D eigenvalue weighted by molar-refractivity contribution is 5.95. The van der Waals surface area contributed by atoms with Crippen LogP contribution in [0.4, 0.5) is 5.69 Å². The Labute approximate surface area is 197 Å². The molecule has 0 saturated carbocycles. The zero-order valence-corrected chi connectivity index (χ0v) is 18.9. The van der Waals surface area contributed by atoms with Gasteiger partial charge in [0.2, 0.25) is 17.7 Å². The molecule has 0 fully saturated rings. The molecule has 2 aromatic carbocycles. The molecule has 0 bridgehead atoms. The summed E-state index contributed by atoms with van der Waals surface area (Å²) in [6, 6.07) is 19.7. The molecule has 9 heteroatoms. The third kappa shape index (κ3) is 8.10. The zero-order valence-electron chi connectivity index (χ0n) is 18.9. The maximum atomic E-state index is 12.7. The minimum atomic E-state index is -0.479. The molecule has 0 radical (unpaired) electrons. The molecule has 2 N–H and O–H groups in total. The SMILES string of the molecule is COc1ccc(NC(=O)CNC(=O)CN(Cc2ccco2)C(=O)COCc2ccccc2)cc1. The molecule has 0 aliphatic heterocycles. The van der Waals surface area contributed by atoms with Gasteiger partial charge >= 0.3 is 0 Å². The second-order valence-electron chi connectivity index (χ2n) is 7.36. The van der Waals surface area contributed by atoms with Crippen LogP contribution in [0.15, 0.2) is 77.4 Å². The van der Waals surface area contributed by atoms with Gasteiger partial charge in [-0.3, -0.25) is 14.4 Å². The highest BCUT2D eigenvalue weighted by Crippen LogP contribution is 2.14. The van der Waals surface area contributed by atoms with Gasteiger partial charge in [0.05, 0.1) is 33.1 Å². The molecule has 3 amide bonds. The van der Waals surface area contributed by atoms with E-state index in [0.717, 1.165) is 5.56 Å². The molecular weight excluding hydrogens is 438 g/mol. The van der Waals surface area contributed by atoms with E-state index in [2.05, 4.69) is 10.6 Å². The Hall–Kier alpha value is -4.11.